The highest BCUT2D eigenvalue weighted by atomic mass is 16.2. The predicted molar refractivity (Wildman–Crippen MR) is 107 cm³/mol. The van der Waals surface area contributed by atoms with Gasteiger partial charge in [-0.05, 0) is 62.1 Å². The molecule has 1 unspecified atom stereocenters. The van der Waals surface area contributed by atoms with Crippen LogP contribution in [-0.2, 0) is 16.0 Å². The van der Waals surface area contributed by atoms with Crippen molar-refractivity contribution in [3.63, 3.8) is 0 Å². The van der Waals surface area contributed by atoms with Crippen molar-refractivity contribution in [1.29, 1.82) is 0 Å². The number of carbonyl (C=O) groups excluding carboxylic acids is 2. The molecule has 1 aromatic rings. The van der Waals surface area contributed by atoms with E-state index in [1.807, 2.05) is 37.1 Å². The molecule has 0 N–H and O–H groups in total. The van der Waals surface area contributed by atoms with Gasteiger partial charge >= 0.3 is 0 Å². The van der Waals surface area contributed by atoms with Gasteiger partial charge in [0, 0.05) is 31.9 Å². The summed E-state index contributed by atoms with van der Waals surface area (Å²) >= 11 is 0. The SMILES string of the molecule is CCN(CC)C(=O)[C@@H]1C=C2c3cccc4c3CC(=CN4C=O)CC2N(C)C1. The van der Waals surface area contributed by atoms with Crippen LogP contribution in [0.4, 0.5) is 5.69 Å². The van der Waals surface area contributed by atoms with Crippen LogP contribution in [0.5, 0.6) is 0 Å². The van der Waals surface area contributed by atoms with Gasteiger partial charge < -0.3 is 4.90 Å². The minimum atomic E-state index is -0.119. The van der Waals surface area contributed by atoms with E-state index in [2.05, 4.69) is 24.1 Å². The number of likely N-dealkylation sites (N-methyl/N-ethyl adjacent to an activating group) is 1. The lowest BCUT2D eigenvalue weighted by molar-refractivity contribution is -0.134. The number of hydrogen-bond acceptors (Lipinski definition) is 3. The van der Waals surface area contributed by atoms with Gasteiger partial charge in [-0.15, -0.1) is 0 Å². The molecule has 2 atom stereocenters. The molecule has 0 saturated heterocycles. The molecule has 142 valence electrons. The lowest BCUT2D eigenvalue weighted by Gasteiger charge is -2.38. The summed E-state index contributed by atoms with van der Waals surface area (Å²) in [5, 5.41) is 0. The summed E-state index contributed by atoms with van der Waals surface area (Å²) in [5.41, 5.74) is 5.88. The van der Waals surface area contributed by atoms with Crippen LogP contribution in [0.15, 0.2) is 36.0 Å². The zero-order valence-corrected chi connectivity index (χ0v) is 16.3. The Kier molecular flexibility index (Phi) is 4.64. The van der Waals surface area contributed by atoms with Crippen LogP contribution in [0.1, 0.15) is 31.4 Å². The minimum Gasteiger partial charge on any atom is -0.343 e. The van der Waals surface area contributed by atoms with E-state index in [0.29, 0.717) is 0 Å². The Hall–Kier alpha value is -2.40. The first-order chi connectivity index (χ1) is 13.1. The van der Waals surface area contributed by atoms with Gasteiger partial charge in [0.25, 0.3) is 0 Å². The number of rotatable bonds is 4. The van der Waals surface area contributed by atoms with Crippen LogP contribution >= 0.6 is 0 Å². The maximum absolute atomic E-state index is 13.0. The minimum absolute atomic E-state index is 0.119. The summed E-state index contributed by atoms with van der Waals surface area (Å²) in [6, 6.07) is 6.42. The fourth-order valence-corrected chi connectivity index (χ4v) is 4.78. The second kappa shape index (κ2) is 6.97. The van der Waals surface area contributed by atoms with Gasteiger partial charge in [-0.2, -0.15) is 0 Å². The number of hydrogen-bond donors (Lipinski definition) is 0. The molecule has 2 aliphatic heterocycles. The number of anilines is 1. The fourth-order valence-electron chi connectivity index (χ4n) is 4.78. The third-order valence-corrected chi connectivity index (χ3v) is 6.18. The van der Waals surface area contributed by atoms with Crippen LogP contribution in [0.25, 0.3) is 5.57 Å². The van der Waals surface area contributed by atoms with Crippen molar-refractivity contribution >= 4 is 23.6 Å². The zero-order chi connectivity index (χ0) is 19.1. The second-order valence-electron chi connectivity index (χ2n) is 7.68. The van der Waals surface area contributed by atoms with Crippen molar-refractivity contribution in [3.05, 3.63) is 47.2 Å². The molecule has 0 radical (unpaired) electrons. The summed E-state index contributed by atoms with van der Waals surface area (Å²) in [7, 11) is 2.11. The summed E-state index contributed by atoms with van der Waals surface area (Å²) in [5.74, 6) is 0.0889. The molecule has 0 saturated carbocycles. The molecular weight excluding hydrogens is 338 g/mol. The van der Waals surface area contributed by atoms with Crippen molar-refractivity contribution in [2.75, 3.05) is 31.6 Å². The molecule has 5 nitrogen and oxygen atoms in total. The van der Waals surface area contributed by atoms with E-state index >= 15 is 0 Å². The van der Waals surface area contributed by atoms with Gasteiger partial charge in [0.05, 0.1) is 11.6 Å². The molecule has 4 rings (SSSR count). The molecule has 27 heavy (non-hydrogen) atoms. The van der Waals surface area contributed by atoms with Crippen molar-refractivity contribution < 1.29 is 9.59 Å². The summed E-state index contributed by atoms with van der Waals surface area (Å²) < 4.78 is 0. The average molecular weight is 365 g/mol. The van der Waals surface area contributed by atoms with Gasteiger partial charge in [0.1, 0.15) is 0 Å². The summed E-state index contributed by atoms with van der Waals surface area (Å²) in [4.78, 5) is 30.5. The quantitative estimate of drug-likeness (QED) is 0.771. The largest absolute Gasteiger partial charge is 0.343 e. The maximum Gasteiger partial charge on any atom is 0.230 e. The summed E-state index contributed by atoms with van der Waals surface area (Å²) in [6.07, 6.45) is 6.86. The predicted octanol–water partition coefficient (Wildman–Crippen LogP) is 2.68. The van der Waals surface area contributed by atoms with Crippen molar-refractivity contribution in [1.82, 2.24) is 9.80 Å². The molecule has 0 aromatic heterocycles. The van der Waals surface area contributed by atoms with Gasteiger partial charge in [-0.3, -0.25) is 19.4 Å². The van der Waals surface area contributed by atoms with Crippen LogP contribution in [0.3, 0.4) is 0 Å². The highest BCUT2D eigenvalue weighted by molar-refractivity contribution is 5.90. The zero-order valence-electron chi connectivity index (χ0n) is 16.3. The Balaban J connectivity index is 1.82. The Morgan fingerprint density at radius 1 is 1.30 bits per heavy atom. The van der Waals surface area contributed by atoms with E-state index < -0.39 is 0 Å². The topological polar surface area (TPSA) is 43.9 Å². The van der Waals surface area contributed by atoms with E-state index in [4.69, 9.17) is 0 Å². The van der Waals surface area contributed by atoms with E-state index in [1.54, 1.807) is 4.90 Å². The van der Waals surface area contributed by atoms with Crippen LogP contribution in [-0.4, -0.2) is 54.8 Å². The normalized spacial score (nSPS) is 23.7. The van der Waals surface area contributed by atoms with Gasteiger partial charge in [-0.1, -0.05) is 18.2 Å². The molecule has 5 heteroatoms. The Labute approximate surface area is 160 Å². The van der Waals surface area contributed by atoms with Crippen LogP contribution in [0, 0.1) is 5.92 Å². The lowest BCUT2D eigenvalue weighted by Crippen LogP contribution is -2.46. The van der Waals surface area contributed by atoms with Gasteiger partial charge in [0.2, 0.25) is 12.3 Å². The number of fused-ring (bicyclic) bond motifs is 3. The summed E-state index contributed by atoms with van der Waals surface area (Å²) in [6.45, 7) is 6.28. The van der Waals surface area contributed by atoms with E-state index in [0.717, 1.165) is 44.6 Å². The first kappa shape index (κ1) is 18.0. The third-order valence-electron chi connectivity index (χ3n) is 6.18. The monoisotopic (exact) mass is 365 g/mol. The molecule has 2 heterocycles. The van der Waals surface area contributed by atoms with Crippen molar-refractivity contribution in [2.24, 2.45) is 5.92 Å². The Morgan fingerprint density at radius 2 is 2.07 bits per heavy atom. The second-order valence-corrected chi connectivity index (χ2v) is 7.68. The molecule has 2 amide bonds. The van der Waals surface area contributed by atoms with E-state index in [-0.39, 0.29) is 17.9 Å². The van der Waals surface area contributed by atoms with E-state index in [1.165, 1.54) is 22.3 Å². The number of amides is 2. The third kappa shape index (κ3) is 2.90. The maximum atomic E-state index is 13.0. The smallest absolute Gasteiger partial charge is 0.230 e. The molecule has 1 aliphatic carbocycles. The first-order valence-electron chi connectivity index (χ1n) is 9.83. The molecule has 3 aliphatic rings. The fraction of sp³-hybridized carbons (Fsp3) is 0.455. The molecule has 1 aromatic carbocycles. The van der Waals surface area contributed by atoms with E-state index in [9.17, 15) is 9.59 Å². The van der Waals surface area contributed by atoms with Gasteiger partial charge in [0.15, 0.2) is 0 Å². The molecule has 0 fully saturated rings. The van der Waals surface area contributed by atoms with Crippen LogP contribution in [0.2, 0.25) is 0 Å². The number of benzene rings is 1. The highest BCUT2D eigenvalue weighted by Crippen LogP contribution is 2.43. The molecule has 2 bridgehead atoms. The lowest BCUT2D eigenvalue weighted by atomic mass is 9.86. The molecule has 0 spiro atoms. The highest BCUT2D eigenvalue weighted by Gasteiger charge is 2.37. The van der Waals surface area contributed by atoms with Crippen LogP contribution < -0.4 is 4.90 Å². The number of carbonyl (C=O) groups is 2. The average Bonchev–Trinajstić information content (AvgIpc) is 2.83. The Bertz CT molecular complexity index is 838. The number of nitrogens with zero attached hydrogens (tertiary/aromatic N) is 3. The standard InChI is InChI=1S/C22H27N3O2/c1-4-24(5-2)22(27)16-11-19-17-7-6-8-20-18(17)9-15(12-25(20)14-26)10-21(19)23(3)13-16/h6-8,11-12,14,16,21H,4-5,9-10,13H2,1-3H3/t16-,21?/m1/s1. The van der Waals surface area contributed by atoms with Crippen molar-refractivity contribution in [2.45, 2.75) is 32.7 Å². The Morgan fingerprint density at radius 3 is 2.78 bits per heavy atom. The first-order valence-corrected chi connectivity index (χ1v) is 9.83. The van der Waals surface area contributed by atoms with Gasteiger partial charge in [-0.25, -0.2) is 0 Å². The van der Waals surface area contributed by atoms with Crippen molar-refractivity contribution in [3.8, 4) is 0 Å². The molecular formula is C22H27N3O2.